The summed E-state index contributed by atoms with van der Waals surface area (Å²) in [4.78, 5) is 22.6. The average molecular weight is 380 g/mol. The maximum Gasteiger partial charge on any atom is 0.407 e. The van der Waals surface area contributed by atoms with Gasteiger partial charge in [-0.25, -0.2) is 4.79 Å². The van der Waals surface area contributed by atoms with Crippen LogP contribution in [-0.4, -0.2) is 25.2 Å². The Morgan fingerprint density at radius 2 is 1.50 bits per heavy atom. The predicted octanol–water partition coefficient (Wildman–Crippen LogP) is 4.37. The van der Waals surface area contributed by atoms with E-state index in [4.69, 9.17) is 10.5 Å². The number of hydrogen-bond donors (Lipinski definition) is 2. The molecule has 148 valence electrons. The molecule has 0 saturated carbocycles. The van der Waals surface area contributed by atoms with Gasteiger partial charge in [0.2, 0.25) is 5.91 Å². The summed E-state index contributed by atoms with van der Waals surface area (Å²) in [5.74, 6) is -0.210. The third kappa shape index (κ3) is 5.46. The fourth-order valence-corrected chi connectivity index (χ4v) is 3.44. The van der Waals surface area contributed by atoms with Gasteiger partial charge in [0.05, 0.1) is 0 Å². The summed E-state index contributed by atoms with van der Waals surface area (Å²) in [5.41, 5.74) is 9.93. The molecule has 0 spiro atoms. The minimum absolute atomic E-state index is 0.0729. The molecule has 2 amide bonds. The standard InChI is InChI=1S/C21H24N2O3.C2H4/c22-20(24)12-2-1-7-13-23-21(25)26-14-19-17-10-5-3-8-15(17)16-9-4-6-11-18(16)19;1-2/h3-6,8-11,19H,1-2,7,12-14H2,(H2,22,24)(H,23,25);1-2H2. The van der Waals surface area contributed by atoms with E-state index in [2.05, 4.69) is 42.7 Å². The topological polar surface area (TPSA) is 81.4 Å². The number of nitrogens with two attached hydrogens (primary N) is 1. The Bertz CT molecular complexity index is 758. The van der Waals surface area contributed by atoms with Crippen molar-refractivity contribution in [3.05, 3.63) is 72.8 Å². The number of carbonyl (C=O) groups is 2. The van der Waals surface area contributed by atoms with E-state index in [-0.39, 0.29) is 11.8 Å². The number of rotatable bonds is 8. The van der Waals surface area contributed by atoms with Crippen LogP contribution in [0.15, 0.2) is 61.7 Å². The molecule has 0 heterocycles. The minimum Gasteiger partial charge on any atom is -0.449 e. The Hall–Kier alpha value is -3.08. The minimum atomic E-state index is -0.401. The van der Waals surface area contributed by atoms with Crippen molar-refractivity contribution in [3.8, 4) is 11.1 Å². The van der Waals surface area contributed by atoms with Gasteiger partial charge in [-0.2, -0.15) is 0 Å². The number of primary amides is 1. The van der Waals surface area contributed by atoms with Gasteiger partial charge in [0.1, 0.15) is 6.61 Å². The summed E-state index contributed by atoms with van der Waals surface area (Å²) < 4.78 is 5.46. The molecular weight excluding hydrogens is 352 g/mol. The van der Waals surface area contributed by atoms with Gasteiger partial charge >= 0.3 is 6.09 Å². The first-order valence-electron chi connectivity index (χ1n) is 9.54. The van der Waals surface area contributed by atoms with Crippen LogP contribution in [0.1, 0.15) is 42.7 Å². The normalized spacial score (nSPS) is 11.6. The van der Waals surface area contributed by atoms with E-state index in [9.17, 15) is 9.59 Å². The maximum atomic E-state index is 12.0. The number of ether oxygens (including phenoxy) is 1. The molecule has 0 aliphatic heterocycles. The molecule has 5 nitrogen and oxygen atoms in total. The second kappa shape index (κ2) is 10.9. The molecule has 5 heteroatoms. The van der Waals surface area contributed by atoms with Crippen molar-refractivity contribution in [1.82, 2.24) is 5.32 Å². The number of fused-ring (bicyclic) bond motifs is 3. The third-order valence-corrected chi connectivity index (χ3v) is 4.71. The lowest BCUT2D eigenvalue weighted by atomic mass is 9.98. The van der Waals surface area contributed by atoms with Crippen molar-refractivity contribution in [2.45, 2.75) is 31.6 Å². The Kier molecular flexibility index (Phi) is 8.28. The van der Waals surface area contributed by atoms with E-state index < -0.39 is 6.09 Å². The van der Waals surface area contributed by atoms with Crippen molar-refractivity contribution in [2.75, 3.05) is 13.2 Å². The highest BCUT2D eigenvalue weighted by molar-refractivity contribution is 5.79. The monoisotopic (exact) mass is 380 g/mol. The highest BCUT2D eigenvalue weighted by Gasteiger charge is 2.28. The molecule has 2 aromatic rings. The molecule has 0 bridgehead atoms. The lowest BCUT2D eigenvalue weighted by molar-refractivity contribution is -0.118. The number of carbonyl (C=O) groups excluding carboxylic acids is 2. The highest BCUT2D eigenvalue weighted by Crippen LogP contribution is 2.44. The zero-order chi connectivity index (χ0) is 20.4. The van der Waals surface area contributed by atoms with Crippen molar-refractivity contribution in [1.29, 1.82) is 0 Å². The number of nitrogens with one attached hydrogen (secondary N) is 1. The summed E-state index contributed by atoms with van der Waals surface area (Å²) in [6.45, 7) is 6.86. The summed E-state index contributed by atoms with van der Waals surface area (Å²) >= 11 is 0. The second-order valence-electron chi connectivity index (χ2n) is 6.53. The second-order valence-corrected chi connectivity index (χ2v) is 6.53. The smallest absolute Gasteiger partial charge is 0.407 e. The van der Waals surface area contributed by atoms with Crippen LogP contribution in [0.2, 0.25) is 0 Å². The van der Waals surface area contributed by atoms with Crippen LogP contribution in [0, 0.1) is 0 Å². The largest absolute Gasteiger partial charge is 0.449 e. The van der Waals surface area contributed by atoms with Gasteiger partial charge in [-0.15, -0.1) is 13.2 Å². The van der Waals surface area contributed by atoms with E-state index in [1.165, 1.54) is 22.3 Å². The van der Waals surface area contributed by atoms with Crippen molar-refractivity contribution in [3.63, 3.8) is 0 Å². The van der Waals surface area contributed by atoms with Crippen LogP contribution in [-0.2, 0) is 9.53 Å². The molecular formula is C23H28N2O3. The fourth-order valence-electron chi connectivity index (χ4n) is 3.44. The number of amides is 2. The Morgan fingerprint density at radius 3 is 2.07 bits per heavy atom. The van der Waals surface area contributed by atoms with Crippen LogP contribution in [0.5, 0.6) is 0 Å². The molecule has 0 fully saturated rings. The lowest BCUT2D eigenvalue weighted by Crippen LogP contribution is -2.27. The zero-order valence-corrected chi connectivity index (χ0v) is 16.2. The molecule has 1 aliphatic rings. The first kappa shape index (κ1) is 21.2. The molecule has 0 atom stereocenters. The van der Waals surface area contributed by atoms with E-state index in [0.717, 1.165) is 19.3 Å². The molecule has 1 aliphatic carbocycles. The molecule has 3 rings (SSSR count). The molecule has 2 aromatic carbocycles. The third-order valence-electron chi connectivity index (χ3n) is 4.71. The van der Waals surface area contributed by atoms with Crippen molar-refractivity contribution in [2.24, 2.45) is 5.73 Å². The summed E-state index contributed by atoms with van der Waals surface area (Å²) in [6, 6.07) is 16.5. The van der Waals surface area contributed by atoms with Gasteiger partial charge in [-0.3, -0.25) is 4.79 Å². The van der Waals surface area contributed by atoms with Crippen LogP contribution in [0.25, 0.3) is 11.1 Å². The van der Waals surface area contributed by atoms with Gasteiger partial charge in [0, 0.05) is 18.9 Å². The predicted molar refractivity (Wildman–Crippen MR) is 112 cm³/mol. The van der Waals surface area contributed by atoms with Gasteiger partial charge in [-0.05, 0) is 35.1 Å². The number of unbranched alkanes of at least 4 members (excludes halogenated alkanes) is 2. The number of benzene rings is 2. The fraction of sp³-hybridized carbons (Fsp3) is 0.304. The Morgan fingerprint density at radius 1 is 0.929 bits per heavy atom. The molecule has 0 unspecified atom stereocenters. The van der Waals surface area contributed by atoms with Crippen molar-refractivity contribution >= 4 is 12.0 Å². The first-order chi connectivity index (χ1) is 13.7. The molecule has 3 N–H and O–H groups in total. The Balaban J connectivity index is 0.00000136. The van der Waals surface area contributed by atoms with Gasteiger partial charge < -0.3 is 15.8 Å². The lowest BCUT2D eigenvalue weighted by Gasteiger charge is -2.14. The molecule has 0 aromatic heterocycles. The number of hydrogen-bond acceptors (Lipinski definition) is 3. The molecule has 28 heavy (non-hydrogen) atoms. The van der Waals surface area contributed by atoms with Gasteiger partial charge in [0.25, 0.3) is 0 Å². The van der Waals surface area contributed by atoms with Crippen LogP contribution < -0.4 is 11.1 Å². The summed E-state index contributed by atoms with van der Waals surface area (Å²) in [5, 5.41) is 2.77. The number of alkyl carbamates (subject to hydrolysis) is 1. The highest BCUT2D eigenvalue weighted by atomic mass is 16.5. The van der Waals surface area contributed by atoms with E-state index >= 15 is 0 Å². The average Bonchev–Trinajstić information content (AvgIpc) is 3.04. The van der Waals surface area contributed by atoms with E-state index in [0.29, 0.717) is 19.6 Å². The maximum absolute atomic E-state index is 12.0. The Labute approximate surface area is 166 Å². The van der Waals surface area contributed by atoms with Gasteiger partial charge in [-0.1, -0.05) is 55.0 Å². The first-order valence-corrected chi connectivity index (χ1v) is 9.54. The van der Waals surface area contributed by atoms with E-state index in [1.807, 2.05) is 24.3 Å². The van der Waals surface area contributed by atoms with E-state index in [1.54, 1.807) is 0 Å². The van der Waals surface area contributed by atoms with Crippen LogP contribution in [0.3, 0.4) is 0 Å². The van der Waals surface area contributed by atoms with Crippen molar-refractivity contribution < 1.29 is 14.3 Å². The van der Waals surface area contributed by atoms with Crippen LogP contribution >= 0.6 is 0 Å². The SMILES string of the molecule is C=C.NC(=O)CCCCCNC(=O)OCC1c2ccccc2-c2ccccc21. The summed E-state index contributed by atoms with van der Waals surface area (Å²) in [7, 11) is 0. The molecule has 0 radical (unpaired) electrons. The van der Waals surface area contributed by atoms with Crippen LogP contribution in [0.4, 0.5) is 4.79 Å². The zero-order valence-electron chi connectivity index (χ0n) is 16.2. The molecule has 0 saturated heterocycles. The quantitative estimate of drug-likeness (QED) is 0.527. The van der Waals surface area contributed by atoms with Gasteiger partial charge in [0.15, 0.2) is 0 Å². The summed E-state index contributed by atoms with van der Waals surface area (Å²) in [6.07, 6.45) is 2.40.